The third kappa shape index (κ3) is 3.77. The van der Waals surface area contributed by atoms with Crippen LogP contribution < -0.4 is 5.32 Å². The van der Waals surface area contributed by atoms with Crippen LogP contribution in [0.4, 0.5) is 0 Å². The highest BCUT2D eigenvalue weighted by Gasteiger charge is 2.57. The minimum atomic E-state index is -0.739. The van der Waals surface area contributed by atoms with E-state index < -0.39 is 5.41 Å². The zero-order valence-corrected chi connectivity index (χ0v) is 14.3. The quantitative estimate of drug-likeness (QED) is 0.618. The van der Waals surface area contributed by atoms with Crippen molar-refractivity contribution in [3.63, 3.8) is 0 Å². The number of carbonyl (C=O) groups is 2. The Kier molecular flexibility index (Phi) is 5.05. The summed E-state index contributed by atoms with van der Waals surface area (Å²) in [5.41, 5.74) is 0.725. The first-order valence-electron chi connectivity index (χ1n) is 9.06. The van der Waals surface area contributed by atoms with Gasteiger partial charge in [0.05, 0.1) is 0 Å². The van der Waals surface area contributed by atoms with Crippen LogP contribution in [0.15, 0.2) is 11.6 Å². The van der Waals surface area contributed by atoms with E-state index in [2.05, 4.69) is 23.3 Å². The van der Waals surface area contributed by atoms with Gasteiger partial charge in [-0.05, 0) is 52.0 Å². The van der Waals surface area contributed by atoms with E-state index in [0.717, 1.165) is 32.6 Å². The summed E-state index contributed by atoms with van der Waals surface area (Å²) in [5.74, 6) is 0.0119. The van der Waals surface area contributed by atoms with E-state index in [1.807, 2.05) is 4.90 Å². The van der Waals surface area contributed by atoms with Crippen molar-refractivity contribution < 1.29 is 9.59 Å². The molecule has 0 unspecified atom stereocenters. The van der Waals surface area contributed by atoms with E-state index >= 15 is 0 Å². The van der Waals surface area contributed by atoms with Gasteiger partial charge in [0, 0.05) is 32.7 Å². The van der Waals surface area contributed by atoms with Crippen LogP contribution >= 0.6 is 0 Å². The summed E-state index contributed by atoms with van der Waals surface area (Å²) in [5, 5.41) is 3.02. The fourth-order valence-corrected chi connectivity index (χ4v) is 3.61. The van der Waals surface area contributed by atoms with E-state index in [4.69, 9.17) is 0 Å². The first-order valence-corrected chi connectivity index (χ1v) is 9.06. The number of likely N-dealkylation sites (N-methyl/N-ethyl adjacent to an activating group) is 1. The van der Waals surface area contributed by atoms with Crippen molar-refractivity contribution in [3.05, 3.63) is 11.6 Å². The molecule has 5 heteroatoms. The highest BCUT2D eigenvalue weighted by Crippen LogP contribution is 2.47. The summed E-state index contributed by atoms with van der Waals surface area (Å²) >= 11 is 0. The van der Waals surface area contributed by atoms with Crippen molar-refractivity contribution in [1.82, 2.24) is 15.1 Å². The summed E-state index contributed by atoms with van der Waals surface area (Å²) in [6.07, 6.45) is 9.59. The predicted octanol–water partition coefficient (Wildman–Crippen LogP) is 1.55. The Morgan fingerprint density at radius 3 is 2.52 bits per heavy atom. The van der Waals surface area contributed by atoms with Crippen LogP contribution in [0.2, 0.25) is 0 Å². The number of hydrogen-bond donors (Lipinski definition) is 1. The lowest BCUT2D eigenvalue weighted by Gasteiger charge is -2.34. The highest BCUT2D eigenvalue weighted by molar-refractivity contribution is 6.07. The predicted molar refractivity (Wildman–Crippen MR) is 89.9 cm³/mol. The van der Waals surface area contributed by atoms with Crippen LogP contribution in [0, 0.1) is 5.41 Å². The number of allylic oxidation sites excluding steroid dienone is 1. The van der Waals surface area contributed by atoms with E-state index in [0.29, 0.717) is 19.4 Å². The molecular weight excluding hydrogens is 290 g/mol. The van der Waals surface area contributed by atoms with Crippen LogP contribution in [0.1, 0.15) is 44.9 Å². The Hall–Kier alpha value is -1.36. The Bertz CT molecular complexity index is 488. The Morgan fingerprint density at radius 1 is 1.17 bits per heavy atom. The van der Waals surface area contributed by atoms with Gasteiger partial charge in [-0.15, -0.1) is 0 Å². The van der Waals surface area contributed by atoms with Crippen molar-refractivity contribution >= 4 is 11.8 Å². The van der Waals surface area contributed by atoms with Crippen LogP contribution in [-0.4, -0.2) is 61.4 Å². The van der Waals surface area contributed by atoms with Crippen molar-refractivity contribution in [2.75, 3.05) is 39.8 Å². The Morgan fingerprint density at radius 2 is 1.91 bits per heavy atom. The number of hydrogen-bond acceptors (Lipinski definition) is 3. The SMILES string of the molecule is CN1CCN(C(=O)C2(C(=O)NCCC3=CCCCC3)CC2)CC1. The number of nitrogens with zero attached hydrogens (tertiary/aromatic N) is 2. The van der Waals surface area contributed by atoms with Gasteiger partial charge >= 0.3 is 0 Å². The fraction of sp³-hybridized carbons (Fsp3) is 0.778. The molecule has 0 spiro atoms. The molecule has 0 aromatic carbocycles. The molecule has 3 rings (SSSR count). The normalized spacial score (nSPS) is 24.0. The molecule has 0 atom stereocenters. The first-order chi connectivity index (χ1) is 11.1. The first kappa shape index (κ1) is 16.5. The molecule has 2 fully saturated rings. The second kappa shape index (κ2) is 7.04. The van der Waals surface area contributed by atoms with Gasteiger partial charge in [0.25, 0.3) is 0 Å². The lowest BCUT2D eigenvalue weighted by molar-refractivity contribution is -0.145. The van der Waals surface area contributed by atoms with Crippen molar-refractivity contribution in [2.24, 2.45) is 5.41 Å². The second-order valence-corrected chi connectivity index (χ2v) is 7.29. The molecule has 1 aliphatic heterocycles. The molecule has 5 nitrogen and oxygen atoms in total. The van der Waals surface area contributed by atoms with E-state index in [1.165, 1.54) is 31.3 Å². The number of carbonyl (C=O) groups excluding carboxylic acids is 2. The van der Waals surface area contributed by atoms with Crippen LogP contribution in [0.25, 0.3) is 0 Å². The second-order valence-electron chi connectivity index (χ2n) is 7.29. The standard InChI is InChI=1S/C18H29N3O2/c1-20-11-13-21(14-12-20)17(23)18(8-9-18)16(22)19-10-7-15-5-3-2-4-6-15/h5H,2-4,6-14H2,1H3,(H,19,22). The topological polar surface area (TPSA) is 52.7 Å². The summed E-state index contributed by atoms with van der Waals surface area (Å²) in [6, 6.07) is 0. The molecule has 23 heavy (non-hydrogen) atoms. The van der Waals surface area contributed by atoms with Gasteiger partial charge in [0.15, 0.2) is 0 Å². The summed E-state index contributed by atoms with van der Waals surface area (Å²) < 4.78 is 0. The smallest absolute Gasteiger partial charge is 0.238 e. The number of rotatable bonds is 5. The molecule has 1 saturated heterocycles. The molecule has 128 valence electrons. The average molecular weight is 319 g/mol. The summed E-state index contributed by atoms with van der Waals surface area (Å²) in [7, 11) is 2.07. The molecule has 0 aromatic rings. The van der Waals surface area contributed by atoms with E-state index in [1.54, 1.807) is 0 Å². The zero-order valence-electron chi connectivity index (χ0n) is 14.3. The lowest BCUT2D eigenvalue weighted by atomic mass is 9.97. The Balaban J connectivity index is 1.48. The number of nitrogens with one attached hydrogen (secondary N) is 1. The minimum Gasteiger partial charge on any atom is -0.355 e. The van der Waals surface area contributed by atoms with Crippen molar-refractivity contribution in [1.29, 1.82) is 0 Å². The summed E-state index contributed by atoms with van der Waals surface area (Å²) in [6.45, 7) is 3.96. The maximum Gasteiger partial charge on any atom is 0.238 e. The van der Waals surface area contributed by atoms with E-state index in [-0.39, 0.29) is 11.8 Å². The van der Waals surface area contributed by atoms with Crippen LogP contribution in [0.3, 0.4) is 0 Å². The van der Waals surface area contributed by atoms with E-state index in [9.17, 15) is 9.59 Å². The molecule has 1 heterocycles. The molecule has 2 aliphatic carbocycles. The van der Waals surface area contributed by atoms with Gasteiger partial charge in [-0.25, -0.2) is 0 Å². The minimum absolute atomic E-state index is 0.0437. The lowest BCUT2D eigenvalue weighted by Crippen LogP contribution is -2.52. The van der Waals surface area contributed by atoms with Crippen molar-refractivity contribution in [3.8, 4) is 0 Å². The highest BCUT2D eigenvalue weighted by atomic mass is 16.2. The molecule has 3 aliphatic rings. The molecule has 0 aromatic heterocycles. The molecule has 1 saturated carbocycles. The third-order valence-electron chi connectivity index (χ3n) is 5.50. The van der Waals surface area contributed by atoms with Gasteiger partial charge in [0.1, 0.15) is 5.41 Å². The fourth-order valence-electron chi connectivity index (χ4n) is 3.61. The molecule has 2 amide bonds. The third-order valence-corrected chi connectivity index (χ3v) is 5.50. The van der Waals surface area contributed by atoms with Gasteiger partial charge in [-0.3, -0.25) is 9.59 Å². The monoisotopic (exact) mass is 319 g/mol. The molecule has 0 bridgehead atoms. The van der Waals surface area contributed by atoms with Crippen LogP contribution in [-0.2, 0) is 9.59 Å². The number of amides is 2. The molecule has 0 radical (unpaired) electrons. The van der Waals surface area contributed by atoms with Gasteiger partial charge < -0.3 is 15.1 Å². The van der Waals surface area contributed by atoms with Gasteiger partial charge in [0.2, 0.25) is 11.8 Å². The molecular formula is C18H29N3O2. The number of piperazine rings is 1. The Labute approximate surface area is 139 Å². The average Bonchev–Trinajstić information content (AvgIpc) is 3.38. The molecule has 1 N–H and O–H groups in total. The van der Waals surface area contributed by atoms with Crippen LogP contribution in [0.5, 0.6) is 0 Å². The maximum absolute atomic E-state index is 12.7. The zero-order chi connectivity index (χ0) is 16.3. The summed E-state index contributed by atoms with van der Waals surface area (Å²) in [4.78, 5) is 29.4. The van der Waals surface area contributed by atoms with Gasteiger partial charge in [-0.2, -0.15) is 0 Å². The van der Waals surface area contributed by atoms with Crippen molar-refractivity contribution in [2.45, 2.75) is 44.9 Å². The maximum atomic E-state index is 12.7. The largest absolute Gasteiger partial charge is 0.355 e. The van der Waals surface area contributed by atoms with Gasteiger partial charge in [-0.1, -0.05) is 11.6 Å².